The summed E-state index contributed by atoms with van der Waals surface area (Å²) in [6.45, 7) is 5.06. The van der Waals surface area contributed by atoms with E-state index in [0.717, 1.165) is 32.1 Å². The monoisotopic (exact) mass is 327 g/mol. The maximum absolute atomic E-state index is 12.5. The molecule has 1 aromatic rings. The van der Waals surface area contributed by atoms with Crippen molar-refractivity contribution in [1.29, 1.82) is 0 Å². The highest BCUT2D eigenvalue weighted by Gasteiger charge is 2.50. The number of aryl methyl sites for hydroxylation is 1. The first kappa shape index (κ1) is 17.0. The molecule has 1 aliphatic carbocycles. The van der Waals surface area contributed by atoms with Crippen LogP contribution in [0.1, 0.15) is 46.0 Å². The van der Waals surface area contributed by atoms with Gasteiger partial charge in [0.1, 0.15) is 0 Å². The normalized spacial score (nSPS) is 17.8. The number of hydrogen-bond acceptors (Lipinski definition) is 4. The number of carbonyl (C=O) groups is 1. The molecule has 22 heavy (non-hydrogen) atoms. The molecule has 7 heteroatoms. The first-order chi connectivity index (χ1) is 10.2. The van der Waals surface area contributed by atoms with Crippen LogP contribution in [0.4, 0.5) is 5.82 Å². The minimum absolute atomic E-state index is 0.395. The Kier molecular flexibility index (Phi) is 4.94. The third-order valence-electron chi connectivity index (χ3n) is 4.35. The van der Waals surface area contributed by atoms with Gasteiger partial charge in [0.15, 0.2) is 20.4 Å². The Balaban J connectivity index is 2.08. The molecule has 2 rings (SSSR count). The summed E-state index contributed by atoms with van der Waals surface area (Å²) >= 11 is 0. The average molecular weight is 327 g/mol. The summed E-state index contributed by atoms with van der Waals surface area (Å²) in [6.07, 6.45) is 6.28. The van der Waals surface area contributed by atoms with Gasteiger partial charge in [-0.25, -0.2) is 8.42 Å². The van der Waals surface area contributed by atoms with Gasteiger partial charge in [-0.3, -0.25) is 9.48 Å². The van der Waals surface area contributed by atoms with E-state index < -0.39 is 20.5 Å². The van der Waals surface area contributed by atoms with Crippen molar-refractivity contribution in [3.8, 4) is 0 Å². The van der Waals surface area contributed by atoms with Gasteiger partial charge in [0, 0.05) is 25.1 Å². The zero-order valence-electron chi connectivity index (χ0n) is 13.5. The number of carbonyl (C=O) groups excluding carboxylic acids is 1. The number of anilines is 1. The highest BCUT2D eigenvalue weighted by molar-refractivity contribution is 7.92. The molecule has 1 aromatic heterocycles. The third kappa shape index (κ3) is 3.51. The van der Waals surface area contributed by atoms with Crippen LogP contribution < -0.4 is 5.32 Å². The molecule has 0 unspecified atom stereocenters. The molecular weight excluding hydrogens is 302 g/mol. The molecule has 1 N–H and O–H groups in total. The maximum Gasteiger partial charge on any atom is 0.247 e. The van der Waals surface area contributed by atoms with E-state index >= 15 is 0 Å². The van der Waals surface area contributed by atoms with E-state index in [0.29, 0.717) is 24.6 Å². The van der Waals surface area contributed by atoms with Crippen molar-refractivity contribution in [2.24, 2.45) is 5.92 Å². The van der Waals surface area contributed by atoms with Gasteiger partial charge in [-0.1, -0.05) is 26.7 Å². The van der Waals surface area contributed by atoms with Crippen LogP contribution in [0.3, 0.4) is 0 Å². The fourth-order valence-electron chi connectivity index (χ4n) is 2.89. The van der Waals surface area contributed by atoms with Gasteiger partial charge in [-0.05, 0) is 25.2 Å². The molecule has 1 aliphatic rings. The zero-order chi connectivity index (χ0) is 16.4. The van der Waals surface area contributed by atoms with Crippen LogP contribution in [0.2, 0.25) is 0 Å². The Morgan fingerprint density at radius 1 is 1.41 bits per heavy atom. The van der Waals surface area contributed by atoms with Crippen molar-refractivity contribution < 1.29 is 13.2 Å². The number of rotatable bonds is 6. The average Bonchev–Trinajstić information content (AvgIpc) is 3.04. The van der Waals surface area contributed by atoms with Gasteiger partial charge in [-0.2, -0.15) is 5.10 Å². The fraction of sp³-hybridized carbons (Fsp3) is 0.733. The lowest BCUT2D eigenvalue weighted by Gasteiger charge is -2.24. The standard InChI is InChI=1S/C15H25N3O3S/c1-12(2)6-10-18-11-7-13(17-18)16-14(19)15(22(3,20)21)8-4-5-9-15/h7,11-12H,4-6,8-10H2,1-3H3,(H,16,17,19). The Morgan fingerprint density at radius 2 is 2.05 bits per heavy atom. The molecule has 1 amide bonds. The predicted octanol–water partition coefficient (Wildman–Crippen LogP) is 2.23. The van der Waals surface area contributed by atoms with E-state index in [-0.39, 0.29) is 0 Å². The Morgan fingerprint density at radius 3 is 2.59 bits per heavy atom. The fourth-order valence-corrected chi connectivity index (χ4v) is 4.30. The number of aromatic nitrogens is 2. The topological polar surface area (TPSA) is 81.1 Å². The van der Waals surface area contributed by atoms with Crippen LogP contribution in [0.5, 0.6) is 0 Å². The molecule has 0 aromatic carbocycles. The van der Waals surface area contributed by atoms with E-state index in [9.17, 15) is 13.2 Å². The largest absolute Gasteiger partial charge is 0.308 e. The molecule has 124 valence electrons. The van der Waals surface area contributed by atoms with Gasteiger partial charge in [-0.15, -0.1) is 0 Å². The molecule has 0 radical (unpaired) electrons. The Labute approximate surface area is 132 Å². The molecule has 0 spiro atoms. The van der Waals surface area contributed by atoms with Crippen molar-refractivity contribution in [2.75, 3.05) is 11.6 Å². The van der Waals surface area contributed by atoms with Crippen molar-refractivity contribution in [1.82, 2.24) is 9.78 Å². The van der Waals surface area contributed by atoms with E-state index in [1.807, 2.05) is 0 Å². The van der Waals surface area contributed by atoms with E-state index in [1.54, 1.807) is 16.9 Å². The number of nitrogens with zero attached hydrogens (tertiary/aromatic N) is 2. The molecule has 0 atom stereocenters. The number of hydrogen-bond donors (Lipinski definition) is 1. The summed E-state index contributed by atoms with van der Waals surface area (Å²) in [4.78, 5) is 12.5. The second kappa shape index (κ2) is 6.40. The summed E-state index contributed by atoms with van der Waals surface area (Å²) < 4.78 is 24.7. The Hall–Kier alpha value is -1.37. The highest BCUT2D eigenvalue weighted by Crippen LogP contribution is 2.37. The van der Waals surface area contributed by atoms with E-state index in [1.165, 1.54) is 0 Å². The minimum Gasteiger partial charge on any atom is -0.308 e. The maximum atomic E-state index is 12.5. The van der Waals surface area contributed by atoms with Crippen molar-refractivity contribution in [3.05, 3.63) is 12.3 Å². The second-order valence-electron chi connectivity index (χ2n) is 6.57. The van der Waals surface area contributed by atoms with Crippen LogP contribution in [0, 0.1) is 5.92 Å². The van der Waals surface area contributed by atoms with E-state index in [2.05, 4.69) is 24.3 Å². The summed E-state index contributed by atoms with van der Waals surface area (Å²) in [7, 11) is -3.44. The van der Waals surface area contributed by atoms with Crippen LogP contribution in [0.15, 0.2) is 12.3 Å². The van der Waals surface area contributed by atoms with Crippen LogP contribution in [-0.4, -0.2) is 35.1 Å². The molecule has 1 heterocycles. The lowest BCUT2D eigenvalue weighted by atomic mass is 10.1. The summed E-state index contributed by atoms with van der Waals surface area (Å²) in [5.41, 5.74) is 0. The quantitative estimate of drug-likeness (QED) is 0.868. The number of nitrogens with one attached hydrogen (secondary N) is 1. The minimum atomic E-state index is -3.44. The molecule has 0 bridgehead atoms. The van der Waals surface area contributed by atoms with Gasteiger partial charge in [0.05, 0.1) is 0 Å². The summed E-state index contributed by atoms with van der Waals surface area (Å²) in [5.74, 6) is 0.555. The van der Waals surface area contributed by atoms with Crippen molar-refractivity contribution in [2.45, 2.75) is 57.2 Å². The smallest absolute Gasteiger partial charge is 0.247 e. The van der Waals surface area contributed by atoms with Crippen molar-refractivity contribution >= 4 is 21.6 Å². The molecule has 0 saturated heterocycles. The van der Waals surface area contributed by atoms with Gasteiger partial charge in [0.2, 0.25) is 5.91 Å². The predicted molar refractivity (Wildman–Crippen MR) is 86.4 cm³/mol. The van der Waals surface area contributed by atoms with Gasteiger partial charge in [0.25, 0.3) is 0 Å². The van der Waals surface area contributed by atoms with Crippen LogP contribution in [0.25, 0.3) is 0 Å². The number of amides is 1. The highest BCUT2D eigenvalue weighted by atomic mass is 32.2. The second-order valence-corrected chi connectivity index (χ2v) is 8.90. The van der Waals surface area contributed by atoms with Crippen molar-refractivity contribution in [3.63, 3.8) is 0 Å². The summed E-state index contributed by atoms with van der Waals surface area (Å²) in [6, 6.07) is 1.71. The van der Waals surface area contributed by atoms with Crippen LogP contribution >= 0.6 is 0 Å². The molecule has 6 nitrogen and oxygen atoms in total. The zero-order valence-corrected chi connectivity index (χ0v) is 14.3. The number of sulfone groups is 1. The lowest BCUT2D eigenvalue weighted by molar-refractivity contribution is -0.118. The molecular formula is C15H25N3O3S. The molecule has 1 fully saturated rings. The van der Waals surface area contributed by atoms with Crippen LogP contribution in [-0.2, 0) is 21.2 Å². The molecule has 1 saturated carbocycles. The van der Waals surface area contributed by atoms with Gasteiger partial charge < -0.3 is 5.32 Å². The SMILES string of the molecule is CC(C)CCn1ccc(NC(=O)C2(S(C)(=O)=O)CCCC2)n1. The Bertz CT molecular complexity index is 628. The molecule has 0 aliphatic heterocycles. The van der Waals surface area contributed by atoms with E-state index in [4.69, 9.17) is 0 Å². The first-order valence-corrected chi connectivity index (χ1v) is 9.68. The lowest BCUT2D eigenvalue weighted by Crippen LogP contribution is -2.47. The third-order valence-corrected chi connectivity index (χ3v) is 6.37. The first-order valence-electron chi connectivity index (χ1n) is 7.79. The van der Waals surface area contributed by atoms with Gasteiger partial charge >= 0.3 is 0 Å². The summed E-state index contributed by atoms with van der Waals surface area (Å²) in [5, 5.41) is 6.99.